The van der Waals surface area contributed by atoms with Gasteiger partial charge in [-0.2, -0.15) is 0 Å². The van der Waals surface area contributed by atoms with Crippen molar-refractivity contribution in [3.05, 3.63) is 16.1 Å². The molecule has 110 valence electrons. The van der Waals surface area contributed by atoms with Gasteiger partial charge in [0.15, 0.2) is 0 Å². The van der Waals surface area contributed by atoms with E-state index in [0.717, 1.165) is 24.5 Å². The second-order valence-electron chi connectivity index (χ2n) is 5.44. The second-order valence-corrected chi connectivity index (χ2v) is 6.50. The molecule has 1 aliphatic rings. The molecule has 0 spiro atoms. The van der Waals surface area contributed by atoms with Crippen LogP contribution in [0.1, 0.15) is 47.5 Å². The number of nitrogens with zero attached hydrogens (tertiary/aromatic N) is 1. The summed E-state index contributed by atoms with van der Waals surface area (Å²) in [6.07, 6.45) is 3.46. The van der Waals surface area contributed by atoms with Gasteiger partial charge in [-0.1, -0.05) is 0 Å². The predicted octanol–water partition coefficient (Wildman–Crippen LogP) is 1.84. The fraction of sp³-hybridized carbons (Fsp3) is 0.615. The molecule has 1 unspecified atom stereocenters. The van der Waals surface area contributed by atoms with E-state index in [2.05, 4.69) is 10.3 Å². The van der Waals surface area contributed by atoms with E-state index in [1.807, 2.05) is 0 Å². The number of aromatic nitrogens is 1. The highest BCUT2D eigenvalue weighted by Crippen LogP contribution is 2.31. The fourth-order valence-electron chi connectivity index (χ4n) is 1.78. The molecular weight excluding hydrogens is 280 g/mol. The average Bonchev–Trinajstić information content (AvgIpc) is 3.05. The molecule has 6 nitrogen and oxygen atoms in total. The Morgan fingerprint density at radius 3 is 2.95 bits per heavy atom. The van der Waals surface area contributed by atoms with Crippen molar-refractivity contribution < 1.29 is 19.4 Å². The molecule has 0 aromatic carbocycles. The maximum absolute atomic E-state index is 12.0. The molecule has 1 aliphatic heterocycles. The van der Waals surface area contributed by atoms with Gasteiger partial charge in [-0.25, -0.2) is 4.98 Å². The van der Waals surface area contributed by atoms with Gasteiger partial charge in [-0.15, -0.1) is 11.3 Å². The highest BCUT2D eigenvalue weighted by molar-refractivity contribution is 7.13. The van der Waals surface area contributed by atoms with Gasteiger partial charge in [0.05, 0.1) is 11.6 Å². The van der Waals surface area contributed by atoms with Crippen LogP contribution in [0.3, 0.4) is 0 Å². The number of rotatable bonds is 5. The second kappa shape index (κ2) is 5.88. The smallest absolute Gasteiger partial charge is 0.310 e. The number of carbonyl (C=O) groups is 2. The number of hydrogen-bond acceptors (Lipinski definition) is 5. The maximum Gasteiger partial charge on any atom is 0.310 e. The van der Waals surface area contributed by atoms with E-state index < -0.39 is 11.4 Å². The molecule has 1 fully saturated rings. The third-order valence-corrected chi connectivity index (χ3v) is 4.31. The summed E-state index contributed by atoms with van der Waals surface area (Å²) in [6.45, 7) is 3.95. The van der Waals surface area contributed by atoms with Gasteiger partial charge in [-0.3, -0.25) is 9.59 Å². The summed E-state index contributed by atoms with van der Waals surface area (Å²) in [5.41, 5.74) is -0.988. The third-order valence-electron chi connectivity index (χ3n) is 3.22. The van der Waals surface area contributed by atoms with Crippen molar-refractivity contribution >= 4 is 23.2 Å². The van der Waals surface area contributed by atoms with Crippen LogP contribution in [0.15, 0.2) is 6.20 Å². The number of carboxylic acids is 1. The van der Waals surface area contributed by atoms with Crippen LogP contribution in [0.25, 0.3) is 0 Å². The molecule has 1 saturated heterocycles. The van der Waals surface area contributed by atoms with Crippen molar-refractivity contribution in [3.8, 4) is 0 Å². The molecule has 1 aromatic heterocycles. The van der Waals surface area contributed by atoms with E-state index in [1.165, 1.54) is 17.5 Å². The van der Waals surface area contributed by atoms with Crippen molar-refractivity contribution in [1.82, 2.24) is 10.3 Å². The number of amides is 1. The first-order chi connectivity index (χ1) is 9.40. The Kier molecular flexibility index (Phi) is 4.39. The summed E-state index contributed by atoms with van der Waals surface area (Å²) < 4.78 is 5.52. The van der Waals surface area contributed by atoms with Gasteiger partial charge < -0.3 is 15.2 Å². The molecule has 7 heteroatoms. The number of carbonyl (C=O) groups excluding carboxylic acids is 1. The predicted molar refractivity (Wildman–Crippen MR) is 73.8 cm³/mol. The highest BCUT2D eigenvalue weighted by Gasteiger charge is 2.28. The summed E-state index contributed by atoms with van der Waals surface area (Å²) in [6, 6.07) is 0. The van der Waals surface area contributed by atoms with E-state index in [9.17, 15) is 9.59 Å². The molecule has 0 aliphatic carbocycles. The first-order valence-electron chi connectivity index (χ1n) is 6.49. The van der Waals surface area contributed by atoms with E-state index >= 15 is 0 Å². The number of thiazole rings is 1. The van der Waals surface area contributed by atoms with E-state index in [1.54, 1.807) is 13.8 Å². The number of hydrogen-bond donors (Lipinski definition) is 2. The van der Waals surface area contributed by atoms with Crippen LogP contribution >= 0.6 is 11.3 Å². The topological polar surface area (TPSA) is 88.5 Å². The zero-order valence-corrected chi connectivity index (χ0v) is 12.3. The minimum atomic E-state index is -0.988. The van der Waals surface area contributed by atoms with Crippen LogP contribution < -0.4 is 5.32 Å². The number of nitrogens with one attached hydrogen (secondary N) is 1. The van der Waals surface area contributed by atoms with Crippen LogP contribution in [0, 0.1) is 5.41 Å². The van der Waals surface area contributed by atoms with E-state index in [-0.39, 0.29) is 18.6 Å². The number of ether oxygens (including phenoxy) is 1. The summed E-state index contributed by atoms with van der Waals surface area (Å²) in [5.74, 6) is -1.23. The van der Waals surface area contributed by atoms with Gasteiger partial charge in [-0.05, 0) is 26.7 Å². The molecule has 0 radical (unpaired) electrons. The average molecular weight is 298 g/mol. The first-order valence-corrected chi connectivity index (χ1v) is 7.31. The lowest BCUT2D eigenvalue weighted by atomic mass is 9.94. The first kappa shape index (κ1) is 14.9. The van der Waals surface area contributed by atoms with Gasteiger partial charge in [0, 0.05) is 13.2 Å². The van der Waals surface area contributed by atoms with Gasteiger partial charge in [0.25, 0.3) is 5.91 Å². The van der Waals surface area contributed by atoms with Crippen molar-refractivity contribution in [3.63, 3.8) is 0 Å². The minimum Gasteiger partial charge on any atom is -0.481 e. The standard InChI is InChI=1S/C13H18N2O4S/c1-13(2,12(17)18)7-15-10(16)9-6-14-11(20-9)8-4-3-5-19-8/h6,8H,3-5,7H2,1-2H3,(H,15,16)(H,17,18). The van der Waals surface area contributed by atoms with Crippen LogP contribution in [-0.4, -0.2) is 35.1 Å². The van der Waals surface area contributed by atoms with Crippen molar-refractivity contribution in [2.75, 3.05) is 13.2 Å². The largest absolute Gasteiger partial charge is 0.481 e. The molecule has 2 N–H and O–H groups in total. The lowest BCUT2D eigenvalue weighted by molar-refractivity contribution is -0.146. The summed E-state index contributed by atoms with van der Waals surface area (Å²) >= 11 is 1.30. The Morgan fingerprint density at radius 2 is 2.35 bits per heavy atom. The third kappa shape index (κ3) is 3.34. The lowest BCUT2D eigenvalue weighted by Gasteiger charge is -2.18. The Balaban J connectivity index is 1.94. The monoisotopic (exact) mass is 298 g/mol. The van der Waals surface area contributed by atoms with Crippen molar-refractivity contribution in [2.24, 2.45) is 5.41 Å². The fourth-order valence-corrected chi connectivity index (χ4v) is 2.70. The summed E-state index contributed by atoms with van der Waals surface area (Å²) in [5, 5.41) is 12.4. The van der Waals surface area contributed by atoms with Gasteiger partial charge in [0.1, 0.15) is 16.0 Å². The molecule has 1 atom stereocenters. The summed E-state index contributed by atoms with van der Waals surface area (Å²) in [4.78, 5) is 27.6. The summed E-state index contributed by atoms with van der Waals surface area (Å²) in [7, 11) is 0. The Hall–Kier alpha value is -1.47. The Labute approximate surface area is 121 Å². The molecule has 2 heterocycles. The van der Waals surface area contributed by atoms with Crippen LogP contribution in [0.4, 0.5) is 0 Å². The molecule has 1 amide bonds. The van der Waals surface area contributed by atoms with E-state index in [4.69, 9.17) is 9.84 Å². The van der Waals surface area contributed by atoms with E-state index in [0.29, 0.717) is 4.88 Å². The molecule has 0 bridgehead atoms. The van der Waals surface area contributed by atoms with Crippen molar-refractivity contribution in [1.29, 1.82) is 0 Å². The minimum absolute atomic E-state index is 0.00277. The lowest BCUT2D eigenvalue weighted by Crippen LogP contribution is -2.38. The maximum atomic E-state index is 12.0. The molecular formula is C13H18N2O4S. The van der Waals surface area contributed by atoms with Crippen LogP contribution in [0.2, 0.25) is 0 Å². The SMILES string of the molecule is CC(C)(CNC(=O)c1cnc(C2CCCO2)s1)C(=O)O. The van der Waals surface area contributed by atoms with Crippen LogP contribution in [0.5, 0.6) is 0 Å². The Morgan fingerprint density at radius 1 is 1.60 bits per heavy atom. The number of carboxylic acid groups (broad SMARTS) is 1. The molecule has 20 heavy (non-hydrogen) atoms. The van der Waals surface area contributed by atoms with Crippen LogP contribution in [-0.2, 0) is 9.53 Å². The molecule has 1 aromatic rings. The highest BCUT2D eigenvalue weighted by atomic mass is 32.1. The normalized spacial score (nSPS) is 19.0. The van der Waals surface area contributed by atoms with Gasteiger partial charge in [0.2, 0.25) is 0 Å². The molecule has 2 rings (SSSR count). The number of aliphatic carboxylic acids is 1. The zero-order chi connectivity index (χ0) is 14.8. The zero-order valence-electron chi connectivity index (χ0n) is 11.5. The molecule has 0 saturated carbocycles. The van der Waals surface area contributed by atoms with Gasteiger partial charge >= 0.3 is 5.97 Å². The van der Waals surface area contributed by atoms with Crippen molar-refractivity contribution in [2.45, 2.75) is 32.8 Å². The quantitative estimate of drug-likeness (QED) is 0.866. The Bertz CT molecular complexity index is 506.